The third kappa shape index (κ3) is 2.90. The first kappa shape index (κ1) is 14.7. The summed E-state index contributed by atoms with van der Waals surface area (Å²) in [6.45, 7) is 6.27. The van der Waals surface area contributed by atoms with Crippen molar-refractivity contribution in [3.8, 4) is 0 Å². The third-order valence-corrected chi connectivity index (χ3v) is 4.26. The molecule has 0 N–H and O–H groups in total. The molecule has 0 aliphatic carbocycles. The molecule has 2 rings (SSSR count). The molecular weight excluding hydrogens is 276 g/mol. The number of carbonyl (C=O) groups excluding carboxylic acids is 1. The highest BCUT2D eigenvalue weighted by molar-refractivity contribution is 7.18. The van der Waals surface area contributed by atoms with Crippen molar-refractivity contribution < 1.29 is 9.53 Å². The summed E-state index contributed by atoms with van der Waals surface area (Å²) in [7, 11) is 0. The SMILES string of the molecule is CCOC(=O)CCn1c(C)nc2sc(CC)cc2c1=O. The molecule has 2 heterocycles. The van der Waals surface area contributed by atoms with E-state index in [-0.39, 0.29) is 17.9 Å². The van der Waals surface area contributed by atoms with Crippen LogP contribution in [-0.4, -0.2) is 22.1 Å². The van der Waals surface area contributed by atoms with E-state index in [1.807, 2.05) is 6.07 Å². The van der Waals surface area contributed by atoms with Crippen molar-refractivity contribution in [2.24, 2.45) is 0 Å². The van der Waals surface area contributed by atoms with Gasteiger partial charge in [0.05, 0.1) is 18.4 Å². The average molecular weight is 294 g/mol. The summed E-state index contributed by atoms with van der Waals surface area (Å²) in [5.74, 6) is 0.342. The molecule has 0 fully saturated rings. The molecule has 0 radical (unpaired) electrons. The Hall–Kier alpha value is -1.69. The highest BCUT2D eigenvalue weighted by Crippen LogP contribution is 2.21. The molecule has 2 aromatic rings. The maximum Gasteiger partial charge on any atom is 0.307 e. The quantitative estimate of drug-likeness (QED) is 0.794. The van der Waals surface area contributed by atoms with Gasteiger partial charge in [-0.15, -0.1) is 11.3 Å². The van der Waals surface area contributed by atoms with E-state index in [0.29, 0.717) is 24.4 Å². The number of carbonyl (C=O) groups is 1. The average Bonchev–Trinajstić information content (AvgIpc) is 2.82. The molecule has 0 aliphatic heterocycles. The molecule has 0 spiro atoms. The summed E-state index contributed by atoms with van der Waals surface area (Å²) in [6, 6.07) is 1.90. The highest BCUT2D eigenvalue weighted by atomic mass is 32.1. The van der Waals surface area contributed by atoms with Crippen LogP contribution in [0.1, 0.15) is 31.0 Å². The van der Waals surface area contributed by atoms with Crippen LogP contribution in [-0.2, 0) is 22.5 Å². The second-order valence-corrected chi connectivity index (χ2v) is 5.57. The predicted molar refractivity (Wildman–Crippen MR) is 79.2 cm³/mol. The lowest BCUT2D eigenvalue weighted by Crippen LogP contribution is -2.25. The molecule has 2 aromatic heterocycles. The smallest absolute Gasteiger partial charge is 0.307 e. The van der Waals surface area contributed by atoms with E-state index in [4.69, 9.17) is 4.74 Å². The molecule has 20 heavy (non-hydrogen) atoms. The fourth-order valence-electron chi connectivity index (χ4n) is 2.04. The standard InChI is InChI=1S/C14H18N2O3S/c1-4-10-8-11-13(20-10)15-9(3)16(14(11)18)7-6-12(17)19-5-2/h8H,4-7H2,1-3H3. The fraction of sp³-hybridized carbons (Fsp3) is 0.500. The van der Waals surface area contributed by atoms with Gasteiger partial charge in [0, 0.05) is 11.4 Å². The maximum absolute atomic E-state index is 12.4. The summed E-state index contributed by atoms with van der Waals surface area (Å²) in [6.07, 6.45) is 1.08. The van der Waals surface area contributed by atoms with Gasteiger partial charge in [0.2, 0.25) is 0 Å². The minimum atomic E-state index is -0.293. The number of aromatic nitrogens is 2. The molecule has 0 aromatic carbocycles. The van der Waals surface area contributed by atoms with Gasteiger partial charge in [0.25, 0.3) is 5.56 Å². The van der Waals surface area contributed by atoms with Gasteiger partial charge >= 0.3 is 5.97 Å². The van der Waals surface area contributed by atoms with Crippen LogP contribution >= 0.6 is 11.3 Å². The monoisotopic (exact) mass is 294 g/mol. The Bertz CT molecular complexity index is 688. The van der Waals surface area contributed by atoms with E-state index in [0.717, 1.165) is 16.1 Å². The van der Waals surface area contributed by atoms with Crippen molar-refractivity contribution in [3.05, 3.63) is 27.1 Å². The van der Waals surface area contributed by atoms with Crippen molar-refractivity contribution in [1.82, 2.24) is 9.55 Å². The Labute approximate surface area is 121 Å². The van der Waals surface area contributed by atoms with E-state index < -0.39 is 0 Å². The first-order chi connectivity index (χ1) is 9.56. The lowest BCUT2D eigenvalue weighted by atomic mass is 10.3. The van der Waals surface area contributed by atoms with E-state index in [9.17, 15) is 9.59 Å². The second kappa shape index (κ2) is 6.17. The van der Waals surface area contributed by atoms with Gasteiger partial charge in [-0.25, -0.2) is 4.98 Å². The maximum atomic E-state index is 12.4. The summed E-state index contributed by atoms with van der Waals surface area (Å²) >= 11 is 1.55. The molecular formula is C14H18N2O3S. The van der Waals surface area contributed by atoms with E-state index in [1.165, 1.54) is 0 Å². The van der Waals surface area contributed by atoms with Crippen LogP contribution in [0.25, 0.3) is 10.2 Å². The van der Waals surface area contributed by atoms with E-state index in [1.54, 1.807) is 29.8 Å². The third-order valence-electron chi connectivity index (χ3n) is 3.09. The van der Waals surface area contributed by atoms with Crippen molar-refractivity contribution in [1.29, 1.82) is 0 Å². The second-order valence-electron chi connectivity index (χ2n) is 4.46. The van der Waals surface area contributed by atoms with Gasteiger partial charge in [-0.05, 0) is 26.3 Å². The Morgan fingerprint density at radius 1 is 1.45 bits per heavy atom. The van der Waals surface area contributed by atoms with Crippen molar-refractivity contribution in [3.63, 3.8) is 0 Å². The van der Waals surface area contributed by atoms with E-state index >= 15 is 0 Å². The number of rotatable bonds is 5. The van der Waals surface area contributed by atoms with Gasteiger partial charge < -0.3 is 4.74 Å². The normalized spacial score (nSPS) is 10.9. The van der Waals surface area contributed by atoms with Gasteiger partial charge in [-0.3, -0.25) is 14.2 Å². The lowest BCUT2D eigenvalue weighted by molar-refractivity contribution is -0.143. The minimum absolute atomic E-state index is 0.0762. The van der Waals surface area contributed by atoms with Crippen molar-refractivity contribution in [2.45, 2.75) is 40.2 Å². The zero-order chi connectivity index (χ0) is 14.7. The number of hydrogen-bond acceptors (Lipinski definition) is 5. The first-order valence-corrected chi connectivity index (χ1v) is 7.54. The molecule has 0 saturated carbocycles. The number of fused-ring (bicyclic) bond motifs is 1. The molecule has 0 aliphatic rings. The molecule has 0 atom stereocenters. The number of aryl methyl sites for hydroxylation is 2. The van der Waals surface area contributed by atoms with Crippen LogP contribution < -0.4 is 5.56 Å². The molecule has 108 valence electrons. The molecule has 0 bridgehead atoms. The summed E-state index contributed by atoms with van der Waals surface area (Å²) < 4.78 is 6.43. The van der Waals surface area contributed by atoms with Gasteiger partial charge in [0.15, 0.2) is 0 Å². The number of hydrogen-bond donors (Lipinski definition) is 0. The molecule has 0 saturated heterocycles. The zero-order valence-electron chi connectivity index (χ0n) is 11.9. The van der Waals surface area contributed by atoms with Gasteiger partial charge in [0.1, 0.15) is 10.7 Å². The summed E-state index contributed by atoms with van der Waals surface area (Å²) in [5.41, 5.74) is -0.0762. The predicted octanol–water partition coefficient (Wildman–Crippen LogP) is 2.28. The van der Waals surface area contributed by atoms with Crippen molar-refractivity contribution in [2.75, 3.05) is 6.61 Å². The molecule has 6 heteroatoms. The van der Waals surface area contributed by atoms with Crippen LogP contribution in [0.15, 0.2) is 10.9 Å². The van der Waals surface area contributed by atoms with E-state index in [2.05, 4.69) is 11.9 Å². The number of ether oxygens (including phenoxy) is 1. The minimum Gasteiger partial charge on any atom is -0.466 e. The highest BCUT2D eigenvalue weighted by Gasteiger charge is 2.12. The number of nitrogens with zero attached hydrogens (tertiary/aromatic N) is 2. The number of thiophene rings is 1. The molecule has 0 unspecified atom stereocenters. The van der Waals surface area contributed by atoms with Crippen LogP contribution in [0.5, 0.6) is 0 Å². The Morgan fingerprint density at radius 3 is 2.85 bits per heavy atom. The van der Waals surface area contributed by atoms with Gasteiger partial charge in [-0.1, -0.05) is 6.92 Å². The Kier molecular flexibility index (Phi) is 4.54. The topological polar surface area (TPSA) is 61.2 Å². The summed E-state index contributed by atoms with van der Waals surface area (Å²) in [5, 5.41) is 0.640. The molecule has 5 nitrogen and oxygen atoms in total. The Morgan fingerprint density at radius 2 is 2.20 bits per heavy atom. The largest absolute Gasteiger partial charge is 0.466 e. The molecule has 0 amide bonds. The fourth-order valence-corrected chi connectivity index (χ4v) is 3.04. The van der Waals surface area contributed by atoms with Crippen LogP contribution in [0, 0.1) is 6.92 Å². The van der Waals surface area contributed by atoms with Crippen molar-refractivity contribution >= 4 is 27.5 Å². The first-order valence-electron chi connectivity index (χ1n) is 6.72. The summed E-state index contributed by atoms with van der Waals surface area (Å²) in [4.78, 5) is 30.2. The lowest BCUT2D eigenvalue weighted by Gasteiger charge is -2.08. The number of esters is 1. The van der Waals surface area contributed by atoms with Crippen LogP contribution in [0.4, 0.5) is 0 Å². The Balaban J connectivity index is 2.33. The van der Waals surface area contributed by atoms with Crippen LogP contribution in [0.2, 0.25) is 0 Å². The zero-order valence-corrected chi connectivity index (χ0v) is 12.7. The van der Waals surface area contributed by atoms with Gasteiger partial charge in [-0.2, -0.15) is 0 Å². The van der Waals surface area contributed by atoms with Crippen LogP contribution in [0.3, 0.4) is 0 Å².